The Morgan fingerprint density at radius 1 is 1.50 bits per heavy atom. The van der Waals surface area contributed by atoms with Crippen LogP contribution in [0.15, 0.2) is 12.3 Å². The van der Waals surface area contributed by atoms with E-state index in [0.29, 0.717) is 13.1 Å². The number of rotatable bonds is 3. The van der Waals surface area contributed by atoms with Crippen LogP contribution in [0.25, 0.3) is 0 Å². The first kappa shape index (κ1) is 11.5. The fourth-order valence-electron chi connectivity index (χ4n) is 1.74. The Bertz CT molecular complexity index is 481. The molecule has 0 saturated carbocycles. The van der Waals surface area contributed by atoms with Crippen LogP contribution in [0.3, 0.4) is 0 Å². The van der Waals surface area contributed by atoms with Crippen molar-refractivity contribution < 1.29 is 8.42 Å². The molecule has 16 heavy (non-hydrogen) atoms. The Morgan fingerprint density at radius 3 is 2.75 bits per heavy atom. The molecule has 0 atom stereocenters. The minimum Gasteiger partial charge on any atom is -0.242 e. The summed E-state index contributed by atoms with van der Waals surface area (Å²) in [5, 5.41) is 0. The monoisotopic (exact) mass is 241 g/mol. The lowest BCUT2D eigenvalue weighted by Gasteiger charge is -2.37. The van der Waals surface area contributed by atoms with Gasteiger partial charge in [-0.1, -0.05) is 0 Å². The third-order valence-electron chi connectivity index (χ3n) is 2.82. The molecule has 0 aliphatic carbocycles. The zero-order chi connectivity index (χ0) is 11.8. The number of nitrogens with zero attached hydrogens (tertiary/aromatic N) is 3. The summed E-state index contributed by atoms with van der Waals surface area (Å²) in [7, 11) is -3.02. The maximum atomic E-state index is 11.5. The molecule has 0 radical (unpaired) electrons. The second-order valence-corrected chi connectivity index (χ2v) is 6.20. The molecule has 1 fully saturated rings. The maximum Gasteiger partial charge on any atom is 0.213 e. The quantitative estimate of drug-likeness (QED) is 0.774. The van der Waals surface area contributed by atoms with Gasteiger partial charge in [-0.15, -0.1) is 0 Å². The van der Waals surface area contributed by atoms with Gasteiger partial charge >= 0.3 is 0 Å². The SMILES string of the molecule is CCS(=O)(=O)N1CC(c2ccnc(C)n2)C1. The summed E-state index contributed by atoms with van der Waals surface area (Å²) in [5.74, 6) is 1.13. The molecular formula is C10H15N3O2S. The predicted octanol–water partition coefficient (Wildman–Crippen LogP) is 0.534. The van der Waals surface area contributed by atoms with Gasteiger partial charge in [-0.3, -0.25) is 0 Å². The molecule has 0 amide bonds. The molecule has 5 nitrogen and oxygen atoms in total. The molecule has 2 heterocycles. The van der Waals surface area contributed by atoms with E-state index in [0.717, 1.165) is 11.5 Å². The van der Waals surface area contributed by atoms with Crippen LogP contribution in [-0.2, 0) is 10.0 Å². The summed E-state index contributed by atoms with van der Waals surface area (Å²) in [5.41, 5.74) is 0.940. The molecule has 88 valence electrons. The fourth-order valence-corrected chi connectivity index (χ4v) is 2.92. The van der Waals surface area contributed by atoms with Gasteiger partial charge in [-0.2, -0.15) is 0 Å². The van der Waals surface area contributed by atoms with Crippen molar-refractivity contribution in [1.29, 1.82) is 0 Å². The summed E-state index contributed by atoms with van der Waals surface area (Å²) in [6.07, 6.45) is 1.72. The second kappa shape index (κ2) is 4.10. The first-order valence-corrected chi connectivity index (χ1v) is 6.91. The van der Waals surface area contributed by atoms with E-state index in [1.807, 2.05) is 13.0 Å². The predicted molar refractivity (Wildman–Crippen MR) is 60.5 cm³/mol. The lowest BCUT2D eigenvalue weighted by atomic mass is 9.99. The molecule has 1 aromatic heterocycles. The standard InChI is InChI=1S/C10H15N3O2S/c1-3-16(14,15)13-6-9(7-13)10-4-5-11-8(2)12-10/h4-5,9H,3,6-7H2,1-2H3. The van der Waals surface area contributed by atoms with Crippen molar-refractivity contribution in [3.05, 3.63) is 23.8 Å². The molecular weight excluding hydrogens is 226 g/mol. The van der Waals surface area contributed by atoms with Gasteiger partial charge in [-0.05, 0) is 19.9 Å². The van der Waals surface area contributed by atoms with Gasteiger partial charge in [-0.25, -0.2) is 22.7 Å². The topological polar surface area (TPSA) is 63.2 Å². The first-order chi connectivity index (χ1) is 7.53. The van der Waals surface area contributed by atoms with Crippen molar-refractivity contribution in [2.45, 2.75) is 19.8 Å². The van der Waals surface area contributed by atoms with E-state index in [1.165, 1.54) is 4.31 Å². The van der Waals surface area contributed by atoms with Crippen LogP contribution in [0.5, 0.6) is 0 Å². The van der Waals surface area contributed by atoms with Crippen molar-refractivity contribution in [2.75, 3.05) is 18.8 Å². The molecule has 6 heteroatoms. The molecule has 1 aliphatic heterocycles. The lowest BCUT2D eigenvalue weighted by Crippen LogP contribution is -2.49. The van der Waals surface area contributed by atoms with Crippen molar-refractivity contribution in [2.24, 2.45) is 0 Å². The average Bonchev–Trinajstić information content (AvgIpc) is 2.15. The summed E-state index contributed by atoms with van der Waals surface area (Å²) in [4.78, 5) is 8.33. The van der Waals surface area contributed by atoms with Crippen LogP contribution < -0.4 is 0 Å². The Balaban J connectivity index is 2.04. The van der Waals surface area contributed by atoms with Crippen LogP contribution in [0.1, 0.15) is 24.4 Å². The van der Waals surface area contributed by atoms with Gasteiger partial charge in [0.2, 0.25) is 10.0 Å². The van der Waals surface area contributed by atoms with E-state index in [2.05, 4.69) is 9.97 Å². The summed E-state index contributed by atoms with van der Waals surface area (Å²) >= 11 is 0. The van der Waals surface area contributed by atoms with E-state index in [4.69, 9.17) is 0 Å². The van der Waals surface area contributed by atoms with Gasteiger partial charge < -0.3 is 0 Å². The van der Waals surface area contributed by atoms with Crippen LogP contribution in [0.4, 0.5) is 0 Å². The van der Waals surface area contributed by atoms with Gasteiger partial charge in [0.1, 0.15) is 5.82 Å². The van der Waals surface area contributed by atoms with Gasteiger partial charge in [0.05, 0.1) is 5.75 Å². The van der Waals surface area contributed by atoms with E-state index in [9.17, 15) is 8.42 Å². The highest BCUT2D eigenvalue weighted by molar-refractivity contribution is 7.89. The van der Waals surface area contributed by atoms with Gasteiger partial charge in [0, 0.05) is 30.9 Å². The van der Waals surface area contributed by atoms with E-state index in [-0.39, 0.29) is 11.7 Å². The molecule has 0 spiro atoms. The van der Waals surface area contributed by atoms with Gasteiger partial charge in [0.25, 0.3) is 0 Å². The van der Waals surface area contributed by atoms with Crippen LogP contribution >= 0.6 is 0 Å². The third-order valence-corrected chi connectivity index (χ3v) is 4.64. The minimum atomic E-state index is -3.02. The number of hydrogen-bond donors (Lipinski definition) is 0. The van der Waals surface area contributed by atoms with E-state index in [1.54, 1.807) is 13.1 Å². The highest BCUT2D eigenvalue weighted by Gasteiger charge is 2.36. The first-order valence-electron chi connectivity index (χ1n) is 5.30. The Labute approximate surface area is 95.6 Å². The fraction of sp³-hybridized carbons (Fsp3) is 0.600. The number of hydrogen-bond acceptors (Lipinski definition) is 4. The van der Waals surface area contributed by atoms with E-state index < -0.39 is 10.0 Å². The van der Waals surface area contributed by atoms with Crippen molar-refractivity contribution in [3.8, 4) is 0 Å². The molecule has 1 saturated heterocycles. The normalized spacial score (nSPS) is 18.4. The Hall–Kier alpha value is -1.01. The molecule has 0 N–H and O–H groups in total. The van der Waals surface area contributed by atoms with Crippen LogP contribution in [0, 0.1) is 6.92 Å². The molecule has 1 aromatic rings. The summed E-state index contributed by atoms with van der Waals surface area (Å²) in [6.45, 7) is 4.60. The molecule has 0 unspecified atom stereocenters. The summed E-state index contributed by atoms with van der Waals surface area (Å²) in [6, 6.07) is 1.85. The van der Waals surface area contributed by atoms with Gasteiger partial charge in [0.15, 0.2) is 0 Å². The average molecular weight is 241 g/mol. The second-order valence-electron chi connectivity index (χ2n) is 3.94. The maximum absolute atomic E-state index is 11.5. The summed E-state index contributed by atoms with van der Waals surface area (Å²) < 4.78 is 24.5. The molecule has 2 rings (SSSR count). The number of aromatic nitrogens is 2. The Kier molecular flexibility index (Phi) is 2.94. The molecule has 1 aliphatic rings. The number of aryl methyl sites for hydroxylation is 1. The van der Waals surface area contributed by atoms with Crippen molar-refractivity contribution >= 4 is 10.0 Å². The van der Waals surface area contributed by atoms with Crippen molar-refractivity contribution in [3.63, 3.8) is 0 Å². The van der Waals surface area contributed by atoms with Crippen LogP contribution in [0.2, 0.25) is 0 Å². The van der Waals surface area contributed by atoms with E-state index >= 15 is 0 Å². The largest absolute Gasteiger partial charge is 0.242 e. The highest BCUT2D eigenvalue weighted by Crippen LogP contribution is 2.27. The zero-order valence-corrected chi connectivity index (χ0v) is 10.2. The van der Waals surface area contributed by atoms with Crippen LogP contribution in [-0.4, -0.2) is 41.5 Å². The minimum absolute atomic E-state index is 0.169. The smallest absolute Gasteiger partial charge is 0.213 e. The third kappa shape index (κ3) is 2.08. The lowest BCUT2D eigenvalue weighted by molar-refractivity contribution is 0.260. The highest BCUT2D eigenvalue weighted by atomic mass is 32.2. The molecule has 0 bridgehead atoms. The molecule has 0 aromatic carbocycles. The Morgan fingerprint density at radius 2 is 2.19 bits per heavy atom. The van der Waals surface area contributed by atoms with Crippen molar-refractivity contribution in [1.82, 2.24) is 14.3 Å². The zero-order valence-electron chi connectivity index (χ0n) is 9.42. The number of sulfonamides is 1.